The summed E-state index contributed by atoms with van der Waals surface area (Å²) in [6.45, 7) is 0. The van der Waals surface area contributed by atoms with Crippen LogP contribution in [0.25, 0.3) is 0 Å². The molecule has 4 nitrogen and oxygen atoms in total. The summed E-state index contributed by atoms with van der Waals surface area (Å²) < 4.78 is 0. The highest BCUT2D eigenvalue weighted by Crippen LogP contribution is 2.38. The van der Waals surface area contributed by atoms with Crippen molar-refractivity contribution in [3.63, 3.8) is 0 Å². The Labute approximate surface area is 92.8 Å². The van der Waals surface area contributed by atoms with Gasteiger partial charge in [-0.25, -0.2) is 0 Å². The van der Waals surface area contributed by atoms with Crippen molar-refractivity contribution in [1.82, 2.24) is 5.32 Å². The van der Waals surface area contributed by atoms with Crippen LogP contribution in [0.1, 0.15) is 19.3 Å². The second kappa shape index (κ2) is 4.43. The molecular formula is C10H15NO3S. The van der Waals surface area contributed by atoms with Crippen molar-refractivity contribution in [2.75, 3.05) is 11.5 Å². The number of carbonyl (C=O) groups is 2. The van der Waals surface area contributed by atoms with Gasteiger partial charge < -0.3 is 10.4 Å². The first-order valence-electron chi connectivity index (χ1n) is 5.29. The molecule has 1 saturated heterocycles. The van der Waals surface area contributed by atoms with Gasteiger partial charge in [0.1, 0.15) is 0 Å². The molecule has 2 aliphatic rings. The summed E-state index contributed by atoms with van der Waals surface area (Å²) in [7, 11) is 0. The fraction of sp³-hybridized carbons (Fsp3) is 0.800. The number of nitrogens with one attached hydrogen (secondary N) is 1. The third-order valence-electron chi connectivity index (χ3n) is 2.95. The maximum absolute atomic E-state index is 11.6. The SMILES string of the molecule is O=C(O)[C@H]1C[C@H]1C(=O)NC1CCCSC1. The summed E-state index contributed by atoms with van der Waals surface area (Å²) in [4.78, 5) is 22.2. The maximum Gasteiger partial charge on any atom is 0.307 e. The van der Waals surface area contributed by atoms with E-state index in [0.29, 0.717) is 6.42 Å². The zero-order chi connectivity index (χ0) is 10.8. The molecule has 0 aromatic heterocycles. The molecule has 15 heavy (non-hydrogen) atoms. The van der Waals surface area contributed by atoms with Gasteiger partial charge in [0.2, 0.25) is 5.91 Å². The number of rotatable bonds is 3. The van der Waals surface area contributed by atoms with Crippen LogP contribution in [0, 0.1) is 11.8 Å². The van der Waals surface area contributed by atoms with E-state index in [0.717, 1.165) is 18.6 Å². The van der Waals surface area contributed by atoms with Crippen molar-refractivity contribution in [3.05, 3.63) is 0 Å². The zero-order valence-electron chi connectivity index (χ0n) is 8.44. The van der Waals surface area contributed by atoms with Gasteiger partial charge in [-0.2, -0.15) is 11.8 Å². The van der Waals surface area contributed by atoms with Crippen LogP contribution in [0.2, 0.25) is 0 Å². The van der Waals surface area contributed by atoms with Gasteiger partial charge in [-0.05, 0) is 25.0 Å². The molecule has 0 bridgehead atoms. The molecule has 2 fully saturated rings. The summed E-state index contributed by atoms with van der Waals surface area (Å²) in [5, 5.41) is 11.6. The zero-order valence-corrected chi connectivity index (χ0v) is 9.26. The van der Waals surface area contributed by atoms with Gasteiger partial charge in [0, 0.05) is 11.8 Å². The van der Waals surface area contributed by atoms with Crippen LogP contribution in [0.3, 0.4) is 0 Å². The van der Waals surface area contributed by atoms with Crippen LogP contribution >= 0.6 is 11.8 Å². The Hall–Kier alpha value is -0.710. The maximum atomic E-state index is 11.6. The molecule has 1 unspecified atom stereocenters. The highest BCUT2D eigenvalue weighted by atomic mass is 32.2. The molecule has 0 radical (unpaired) electrons. The highest BCUT2D eigenvalue weighted by Gasteiger charge is 2.48. The molecule has 0 spiro atoms. The first-order chi connectivity index (χ1) is 7.18. The Morgan fingerprint density at radius 1 is 1.33 bits per heavy atom. The van der Waals surface area contributed by atoms with Crippen LogP contribution in [0.15, 0.2) is 0 Å². The molecule has 1 heterocycles. The van der Waals surface area contributed by atoms with E-state index in [1.165, 1.54) is 5.75 Å². The van der Waals surface area contributed by atoms with Gasteiger partial charge in [0.05, 0.1) is 11.8 Å². The van der Waals surface area contributed by atoms with Crippen molar-refractivity contribution in [2.45, 2.75) is 25.3 Å². The lowest BCUT2D eigenvalue weighted by Gasteiger charge is -2.22. The molecular weight excluding hydrogens is 214 g/mol. The number of thioether (sulfide) groups is 1. The molecule has 0 aromatic rings. The van der Waals surface area contributed by atoms with Gasteiger partial charge in [-0.15, -0.1) is 0 Å². The van der Waals surface area contributed by atoms with E-state index in [9.17, 15) is 9.59 Å². The lowest BCUT2D eigenvalue weighted by atomic mass is 10.1. The third-order valence-corrected chi connectivity index (χ3v) is 4.17. The van der Waals surface area contributed by atoms with Crippen molar-refractivity contribution < 1.29 is 14.7 Å². The number of amides is 1. The molecule has 0 aromatic carbocycles. The third kappa shape index (κ3) is 2.65. The van der Waals surface area contributed by atoms with Crippen molar-refractivity contribution in [2.24, 2.45) is 11.8 Å². The number of carboxylic acids is 1. The van der Waals surface area contributed by atoms with Gasteiger partial charge in [-0.3, -0.25) is 9.59 Å². The first-order valence-corrected chi connectivity index (χ1v) is 6.45. The average molecular weight is 229 g/mol. The Morgan fingerprint density at radius 3 is 2.67 bits per heavy atom. The summed E-state index contributed by atoms with van der Waals surface area (Å²) in [5.74, 6) is 0.544. The fourth-order valence-electron chi connectivity index (χ4n) is 1.92. The van der Waals surface area contributed by atoms with Crippen molar-refractivity contribution >= 4 is 23.6 Å². The van der Waals surface area contributed by atoms with Crippen LogP contribution in [-0.2, 0) is 9.59 Å². The van der Waals surface area contributed by atoms with E-state index < -0.39 is 11.9 Å². The summed E-state index contributed by atoms with van der Waals surface area (Å²) >= 11 is 1.85. The number of hydrogen-bond donors (Lipinski definition) is 2. The van der Waals surface area contributed by atoms with Crippen LogP contribution in [0.5, 0.6) is 0 Å². The Kier molecular flexibility index (Phi) is 3.19. The molecule has 1 aliphatic carbocycles. The van der Waals surface area contributed by atoms with Gasteiger partial charge in [-0.1, -0.05) is 0 Å². The van der Waals surface area contributed by atoms with E-state index in [2.05, 4.69) is 5.32 Å². The standard InChI is InChI=1S/C10H15NO3S/c12-9(7-4-8(7)10(13)14)11-6-2-1-3-15-5-6/h6-8H,1-5H2,(H,11,12)(H,13,14)/t6?,7-,8+/m1/s1. The minimum atomic E-state index is -0.840. The van der Waals surface area contributed by atoms with Crippen LogP contribution < -0.4 is 5.32 Å². The van der Waals surface area contributed by atoms with Gasteiger partial charge >= 0.3 is 5.97 Å². The predicted molar refractivity (Wildman–Crippen MR) is 57.7 cm³/mol. The summed E-state index contributed by atoms with van der Waals surface area (Å²) in [5.41, 5.74) is 0. The molecule has 2 rings (SSSR count). The molecule has 5 heteroatoms. The molecule has 84 valence electrons. The normalized spacial score (nSPS) is 34.5. The van der Waals surface area contributed by atoms with Crippen molar-refractivity contribution in [3.8, 4) is 0 Å². The number of carboxylic acid groups (broad SMARTS) is 1. The first kappa shape index (κ1) is 10.8. The number of carbonyl (C=O) groups excluding carboxylic acids is 1. The van der Waals surface area contributed by atoms with Gasteiger partial charge in [0.25, 0.3) is 0 Å². The molecule has 1 aliphatic heterocycles. The second-order valence-corrected chi connectivity index (χ2v) is 5.36. The smallest absolute Gasteiger partial charge is 0.307 e. The molecule has 1 amide bonds. The fourth-order valence-corrected chi connectivity index (χ4v) is 2.99. The van der Waals surface area contributed by atoms with E-state index in [-0.39, 0.29) is 17.9 Å². The lowest BCUT2D eigenvalue weighted by molar-refractivity contribution is -0.140. The quantitative estimate of drug-likeness (QED) is 0.748. The van der Waals surface area contributed by atoms with E-state index in [4.69, 9.17) is 5.11 Å². The lowest BCUT2D eigenvalue weighted by Crippen LogP contribution is -2.39. The van der Waals surface area contributed by atoms with E-state index in [1.807, 2.05) is 11.8 Å². The Morgan fingerprint density at radius 2 is 2.13 bits per heavy atom. The minimum absolute atomic E-state index is 0.0603. The summed E-state index contributed by atoms with van der Waals surface area (Å²) in [6, 6.07) is 0.256. The Balaban J connectivity index is 1.75. The number of hydrogen-bond acceptors (Lipinski definition) is 3. The molecule has 1 saturated carbocycles. The average Bonchev–Trinajstić information content (AvgIpc) is 2.98. The topological polar surface area (TPSA) is 66.4 Å². The summed E-state index contributed by atoms with van der Waals surface area (Å²) in [6.07, 6.45) is 2.69. The van der Waals surface area contributed by atoms with Gasteiger partial charge in [0.15, 0.2) is 0 Å². The van der Waals surface area contributed by atoms with Crippen molar-refractivity contribution in [1.29, 1.82) is 0 Å². The van der Waals surface area contributed by atoms with E-state index >= 15 is 0 Å². The van der Waals surface area contributed by atoms with Crippen LogP contribution in [0.4, 0.5) is 0 Å². The minimum Gasteiger partial charge on any atom is -0.481 e. The Bertz CT molecular complexity index is 276. The van der Waals surface area contributed by atoms with E-state index in [1.54, 1.807) is 0 Å². The second-order valence-electron chi connectivity index (χ2n) is 4.21. The molecule has 3 atom stereocenters. The number of aliphatic carboxylic acids is 1. The van der Waals surface area contributed by atoms with Crippen LogP contribution in [-0.4, -0.2) is 34.5 Å². The predicted octanol–water partition coefficient (Wildman–Crippen LogP) is 0.719. The molecule has 2 N–H and O–H groups in total. The monoisotopic (exact) mass is 229 g/mol. The largest absolute Gasteiger partial charge is 0.481 e. The highest BCUT2D eigenvalue weighted by molar-refractivity contribution is 7.99.